The summed E-state index contributed by atoms with van der Waals surface area (Å²) in [5.74, 6) is -0.284. The van der Waals surface area contributed by atoms with Crippen molar-refractivity contribution in [1.82, 2.24) is 0 Å². The highest BCUT2D eigenvalue weighted by Crippen LogP contribution is 2.29. The van der Waals surface area contributed by atoms with Crippen LogP contribution < -0.4 is 0 Å². The van der Waals surface area contributed by atoms with E-state index in [-0.39, 0.29) is 5.56 Å². The second-order valence-corrected chi connectivity index (χ2v) is 5.75. The molecule has 2 aromatic carbocycles. The molecule has 0 unspecified atom stereocenters. The van der Waals surface area contributed by atoms with Gasteiger partial charge in [-0.15, -0.1) is 11.8 Å². The Morgan fingerprint density at radius 3 is 2.32 bits per heavy atom. The van der Waals surface area contributed by atoms with Crippen molar-refractivity contribution in [2.75, 3.05) is 0 Å². The maximum absolute atomic E-state index is 11.1. The van der Waals surface area contributed by atoms with Crippen molar-refractivity contribution in [2.45, 2.75) is 10.6 Å². The first-order valence-corrected chi connectivity index (χ1v) is 7.20. The summed E-state index contributed by atoms with van der Waals surface area (Å²) >= 11 is 13.2. The number of carboxylic acid groups (broad SMARTS) is 1. The Labute approximate surface area is 125 Å². The molecule has 2 nitrogen and oxygen atoms in total. The first-order chi connectivity index (χ1) is 9.06. The van der Waals surface area contributed by atoms with Crippen LogP contribution in [0, 0.1) is 0 Å². The third kappa shape index (κ3) is 3.90. The molecule has 0 aliphatic carbocycles. The molecule has 0 heterocycles. The molecule has 0 saturated heterocycles. The predicted molar refractivity (Wildman–Crippen MR) is 79.4 cm³/mol. The lowest BCUT2D eigenvalue weighted by Gasteiger charge is -2.06. The molecule has 0 aliphatic heterocycles. The minimum atomic E-state index is -0.949. The maximum atomic E-state index is 11.1. The number of aromatic carboxylic acids is 1. The zero-order chi connectivity index (χ0) is 13.8. The van der Waals surface area contributed by atoms with E-state index in [0.717, 1.165) is 5.56 Å². The first kappa shape index (κ1) is 14.3. The Bertz CT molecular complexity index is 597. The van der Waals surface area contributed by atoms with Crippen molar-refractivity contribution in [3.8, 4) is 0 Å². The number of hydrogen-bond donors (Lipinski definition) is 1. The second kappa shape index (κ2) is 6.33. The zero-order valence-corrected chi connectivity index (χ0v) is 12.1. The van der Waals surface area contributed by atoms with Crippen molar-refractivity contribution in [3.05, 3.63) is 63.6 Å². The number of benzene rings is 2. The Balaban J connectivity index is 2.16. The van der Waals surface area contributed by atoms with E-state index in [4.69, 9.17) is 28.3 Å². The summed E-state index contributed by atoms with van der Waals surface area (Å²) in [6.07, 6.45) is 0. The average molecular weight is 313 g/mol. The quantitative estimate of drug-likeness (QED) is 0.809. The van der Waals surface area contributed by atoms with E-state index < -0.39 is 5.97 Å². The fourth-order valence-corrected chi connectivity index (χ4v) is 2.93. The molecule has 98 valence electrons. The van der Waals surface area contributed by atoms with Crippen LogP contribution in [0.25, 0.3) is 0 Å². The summed E-state index contributed by atoms with van der Waals surface area (Å²) in [4.78, 5) is 11.8. The molecular formula is C14H10Cl2O2S. The molecule has 0 radical (unpaired) electrons. The normalized spacial score (nSPS) is 10.4. The Hall–Kier alpha value is -1.16. The minimum absolute atomic E-state index is 0.267. The Kier molecular flexibility index (Phi) is 4.75. The third-order valence-corrected chi connectivity index (χ3v) is 4.10. The molecule has 0 amide bonds. The summed E-state index contributed by atoms with van der Waals surface area (Å²) in [5.41, 5.74) is 1.34. The Morgan fingerprint density at radius 1 is 1.05 bits per heavy atom. The number of carbonyl (C=O) groups is 1. The SMILES string of the molecule is O=C(O)c1ccc(Cl)cc1SCc1ccc(Cl)cc1. The summed E-state index contributed by atoms with van der Waals surface area (Å²) < 4.78 is 0. The van der Waals surface area contributed by atoms with Crippen LogP contribution in [0.5, 0.6) is 0 Å². The lowest BCUT2D eigenvalue weighted by molar-refractivity contribution is 0.0693. The van der Waals surface area contributed by atoms with Crippen molar-refractivity contribution >= 4 is 40.9 Å². The van der Waals surface area contributed by atoms with Gasteiger partial charge in [-0.25, -0.2) is 4.79 Å². The molecule has 0 aromatic heterocycles. The summed E-state index contributed by atoms with van der Waals surface area (Å²) in [5, 5.41) is 10.3. The van der Waals surface area contributed by atoms with Crippen molar-refractivity contribution < 1.29 is 9.90 Å². The van der Waals surface area contributed by atoms with Crippen LogP contribution in [-0.4, -0.2) is 11.1 Å². The molecule has 0 fully saturated rings. The van der Waals surface area contributed by atoms with Gasteiger partial charge in [0.2, 0.25) is 0 Å². The molecule has 0 bridgehead atoms. The fourth-order valence-electron chi connectivity index (χ4n) is 1.53. The molecule has 0 aliphatic rings. The third-order valence-electron chi connectivity index (χ3n) is 2.48. The van der Waals surface area contributed by atoms with E-state index in [1.54, 1.807) is 12.1 Å². The molecule has 19 heavy (non-hydrogen) atoms. The van der Waals surface area contributed by atoms with E-state index in [0.29, 0.717) is 20.7 Å². The standard InChI is InChI=1S/C14H10Cl2O2S/c15-10-3-1-9(2-4-10)8-19-13-7-11(16)5-6-12(13)14(17)18/h1-7H,8H2,(H,17,18). The van der Waals surface area contributed by atoms with Crippen LogP contribution in [-0.2, 0) is 5.75 Å². The molecule has 0 saturated carbocycles. The van der Waals surface area contributed by atoms with Gasteiger partial charge in [-0.1, -0.05) is 35.3 Å². The van der Waals surface area contributed by atoms with Gasteiger partial charge in [0.15, 0.2) is 0 Å². The molecule has 0 spiro atoms. The molecular weight excluding hydrogens is 303 g/mol. The van der Waals surface area contributed by atoms with Gasteiger partial charge < -0.3 is 5.11 Å². The lowest BCUT2D eigenvalue weighted by atomic mass is 10.2. The van der Waals surface area contributed by atoms with E-state index in [1.165, 1.54) is 17.8 Å². The fraction of sp³-hybridized carbons (Fsp3) is 0.0714. The second-order valence-electron chi connectivity index (χ2n) is 3.86. The van der Waals surface area contributed by atoms with Gasteiger partial charge in [-0.2, -0.15) is 0 Å². The van der Waals surface area contributed by atoms with Crippen LogP contribution in [0.1, 0.15) is 15.9 Å². The predicted octanol–water partition coefficient (Wildman–Crippen LogP) is 4.98. The van der Waals surface area contributed by atoms with E-state index in [2.05, 4.69) is 0 Å². The molecule has 2 rings (SSSR count). The van der Waals surface area contributed by atoms with Gasteiger partial charge in [0.1, 0.15) is 0 Å². The monoisotopic (exact) mass is 312 g/mol. The van der Waals surface area contributed by atoms with Gasteiger partial charge in [-0.05, 0) is 35.9 Å². The molecule has 1 N–H and O–H groups in total. The van der Waals surface area contributed by atoms with Gasteiger partial charge in [-0.3, -0.25) is 0 Å². The van der Waals surface area contributed by atoms with E-state index >= 15 is 0 Å². The van der Waals surface area contributed by atoms with Gasteiger partial charge in [0, 0.05) is 20.7 Å². The lowest BCUT2D eigenvalue weighted by Crippen LogP contribution is -1.98. The first-order valence-electron chi connectivity index (χ1n) is 5.46. The largest absolute Gasteiger partial charge is 0.478 e. The Morgan fingerprint density at radius 2 is 1.68 bits per heavy atom. The van der Waals surface area contributed by atoms with Crippen LogP contribution in [0.3, 0.4) is 0 Å². The highest BCUT2D eigenvalue weighted by atomic mass is 35.5. The smallest absolute Gasteiger partial charge is 0.336 e. The average Bonchev–Trinajstić information content (AvgIpc) is 2.38. The topological polar surface area (TPSA) is 37.3 Å². The summed E-state index contributed by atoms with van der Waals surface area (Å²) in [6.45, 7) is 0. The van der Waals surface area contributed by atoms with E-state index in [1.807, 2.05) is 24.3 Å². The number of rotatable bonds is 4. The van der Waals surface area contributed by atoms with Crippen molar-refractivity contribution in [2.24, 2.45) is 0 Å². The number of carboxylic acids is 1. The van der Waals surface area contributed by atoms with Crippen LogP contribution >= 0.6 is 35.0 Å². The highest BCUT2D eigenvalue weighted by Gasteiger charge is 2.11. The molecule has 5 heteroatoms. The van der Waals surface area contributed by atoms with Crippen molar-refractivity contribution in [1.29, 1.82) is 0 Å². The van der Waals surface area contributed by atoms with Crippen LogP contribution in [0.2, 0.25) is 10.0 Å². The van der Waals surface area contributed by atoms with Gasteiger partial charge in [0.25, 0.3) is 0 Å². The number of thioether (sulfide) groups is 1. The van der Waals surface area contributed by atoms with Gasteiger partial charge in [0.05, 0.1) is 5.56 Å². The molecule has 2 aromatic rings. The summed E-state index contributed by atoms with van der Waals surface area (Å²) in [6, 6.07) is 12.2. The summed E-state index contributed by atoms with van der Waals surface area (Å²) in [7, 11) is 0. The highest BCUT2D eigenvalue weighted by molar-refractivity contribution is 7.98. The van der Waals surface area contributed by atoms with E-state index in [9.17, 15) is 4.79 Å². The van der Waals surface area contributed by atoms with Gasteiger partial charge >= 0.3 is 5.97 Å². The number of hydrogen-bond acceptors (Lipinski definition) is 2. The zero-order valence-electron chi connectivity index (χ0n) is 9.77. The van der Waals surface area contributed by atoms with Crippen LogP contribution in [0.15, 0.2) is 47.4 Å². The molecule has 0 atom stereocenters. The number of halogens is 2. The van der Waals surface area contributed by atoms with Crippen LogP contribution in [0.4, 0.5) is 0 Å². The maximum Gasteiger partial charge on any atom is 0.336 e. The minimum Gasteiger partial charge on any atom is -0.478 e. The van der Waals surface area contributed by atoms with Crippen molar-refractivity contribution in [3.63, 3.8) is 0 Å².